The van der Waals surface area contributed by atoms with Gasteiger partial charge in [-0.25, -0.2) is 9.18 Å². The Balaban J connectivity index is 1.51. The fraction of sp³-hybridized carbons (Fsp3) is 0.364. The average molecular weight is 462 g/mol. The number of halogens is 2. The lowest BCUT2D eigenvalue weighted by atomic mass is 10.1. The summed E-state index contributed by atoms with van der Waals surface area (Å²) in [6.07, 6.45) is 0.757. The molecule has 1 heterocycles. The van der Waals surface area contributed by atoms with Gasteiger partial charge in [-0.05, 0) is 56.2 Å². The van der Waals surface area contributed by atoms with E-state index >= 15 is 0 Å². The lowest BCUT2D eigenvalue weighted by Gasteiger charge is -2.36. The van der Waals surface area contributed by atoms with Gasteiger partial charge in [0.05, 0.1) is 5.69 Å². The number of benzene rings is 2. The third-order valence-electron chi connectivity index (χ3n) is 5.09. The first kappa shape index (κ1) is 21.3. The molecule has 0 spiro atoms. The number of hydrogen-bond donors (Lipinski definition) is 1. The second-order valence-corrected chi connectivity index (χ2v) is 8.29. The van der Waals surface area contributed by atoms with Crippen molar-refractivity contribution in [3.05, 3.63) is 63.9 Å². The van der Waals surface area contributed by atoms with Crippen molar-refractivity contribution in [2.24, 2.45) is 0 Å². The number of urea groups is 1. The van der Waals surface area contributed by atoms with E-state index in [4.69, 9.17) is 0 Å². The third-order valence-corrected chi connectivity index (χ3v) is 5.62. The quantitative estimate of drug-likeness (QED) is 0.676. The molecule has 0 bridgehead atoms. The number of carbonyl (C=O) groups is 2. The molecule has 154 valence electrons. The maximum atomic E-state index is 14.4. The van der Waals surface area contributed by atoms with Gasteiger partial charge in [-0.1, -0.05) is 28.1 Å². The molecule has 1 aliphatic rings. The summed E-state index contributed by atoms with van der Waals surface area (Å²) in [6, 6.07) is 12.5. The Morgan fingerprint density at radius 3 is 2.34 bits per heavy atom. The van der Waals surface area contributed by atoms with E-state index in [1.807, 2.05) is 36.1 Å². The summed E-state index contributed by atoms with van der Waals surface area (Å²) >= 11 is 3.42. The van der Waals surface area contributed by atoms with E-state index in [2.05, 4.69) is 21.2 Å². The average Bonchev–Trinajstić information content (AvgIpc) is 2.69. The molecule has 1 atom stereocenters. The van der Waals surface area contributed by atoms with Crippen LogP contribution in [0.1, 0.15) is 29.8 Å². The minimum absolute atomic E-state index is 0.0123. The van der Waals surface area contributed by atoms with Crippen LogP contribution in [0.3, 0.4) is 0 Å². The van der Waals surface area contributed by atoms with Gasteiger partial charge in [0.2, 0.25) is 0 Å². The van der Waals surface area contributed by atoms with Crippen molar-refractivity contribution in [1.82, 2.24) is 10.2 Å². The van der Waals surface area contributed by atoms with Gasteiger partial charge in [0.15, 0.2) is 5.78 Å². The van der Waals surface area contributed by atoms with Gasteiger partial charge < -0.3 is 15.1 Å². The number of carbonyl (C=O) groups excluding carboxylic acids is 2. The number of amides is 2. The zero-order valence-electron chi connectivity index (χ0n) is 16.6. The molecule has 3 rings (SSSR count). The van der Waals surface area contributed by atoms with E-state index in [9.17, 15) is 14.0 Å². The molecule has 0 saturated carbocycles. The zero-order chi connectivity index (χ0) is 21.0. The fourth-order valence-electron chi connectivity index (χ4n) is 3.46. The molecule has 5 nitrogen and oxygen atoms in total. The minimum atomic E-state index is -0.404. The molecule has 1 saturated heterocycles. The van der Waals surface area contributed by atoms with Crippen LogP contribution in [-0.2, 0) is 6.42 Å². The molecule has 0 aromatic heterocycles. The summed E-state index contributed by atoms with van der Waals surface area (Å²) in [7, 11) is 0. The van der Waals surface area contributed by atoms with E-state index in [0.717, 1.165) is 16.5 Å². The van der Waals surface area contributed by atoms with Crippen LogP contribution in [0.15, 0.2) is 46.9 Å². The van der Waals surface area contributed by atoms with Crippen molar-refractivity contribution in [2.45, 2.75) is 26.3 Å². The van der Waals surface area contributed by atoms with Crippen molar-refractivity contribution in [3.63, 3.8) is 0 Å². The highest BCUT2D eigenvalue weighted by molar-refractivity contribution is 9.10. The summed E-state index contributed by atoms with van der Waals surface area (Å²) in [5.41, 5.74) is 2.00. The SMILES string of the molecule is CC(=O)c1ccc(N2CCN(C(=O)NC(C)Cc3ccc(Br)cc3)CC2)c(F)c1. The summed E-state index contributed by atoms with van der Waals surface area (Å²) in [6.45, 7) is 5.54. The van der Waals surface area contributed by atoms with E-state index in [-0.39, 0.29) is 17.9 Å². The summed E-state index contributed by atoms with van der Waals surface area (Å²) in [5, 5.41) is 3.04. The third kappa shape index (κ3) is 5.56. The van der Waals surface area contributed by atoms with Crippen molar-refractivity contribution >= 4 is 33.4 Å². The van der Waals surface area contributed by atoms with E-state index in [1.165, 1.54) is 13.0 Å². The second-order valence-electron chi connectivity index (χ2n) is 7.38. The number of piperazine rings is 1. The van der Waals surface area contributed by atoms with E-state index in [0.29, 0.717) is 37.4 Å². The lowest BCUT2D eigenvalue weighted by Crippen LogP contribution is -2.53. The number of Topliss-reactive ketones (excluding diaryl/α,β-unsaturated/α-hetero) is 1. The number of nitrogens with zero attached hydrogens (tertiary/aromatic N) is 2. The van der Waals surface area contributed by atoms with E-state index in [1.54, 1.807) is 17.0 Å². The molecule has 1 fully saturated rings. The highest BCUT2D eigenvalue weighted by Gasteiger charge is 2.24. The van der Waals surface area contributed by atoms with Crippen LogP contribution in [-0.4, -0.2) is 48.9 Å². The van der Waals surface area contributed by atoms with Crippen molar-refractivity contribution in [1.29, 1.82) is 0 Å². The Labute approximate surface area is 179 Å². The van der Waals surface area contributed by atoms with Gasteiger partial charge in [0, 0.05) is 42.3 Å². The molecule has 2 aromatic carbocycles. The topological polar surface area (TPSA) is 52.7 Å². The maximum absolute atomic E-state index is 14.4. The lowest BCUT2D eigenvalue weighted by molar-refractivity contribution is 0.101. The molecule has 29 heavy (non-hydrogen) atoms. The molecule has 0 radical (unpaired) electrons. The number of anilines is 1. The van der Waals surface area contributed by atoms with Crippen LogP contribution in [0, 0.1) is 5.82 Å². The Hall–Kier alpha value is -2.41. The molecule has 2 amide bonds. The van der Waals surface area contributed by atoms with Crippen LogP contribution >= 0.6 is 15.9 Å². The molecule has 2 aromatic rings. The zero-order valence-corrected chi connectivity index (χ0v) is 18.2. The Kier molecular flexibility index (Phi) is 6.90. The van der Waals surface area contributed by atoms with Gasteiger partial charge >= 0.3 is 6.03 Å². The number of rotatable bonds is 5. The van der Waals surface area contributed by atoms with Gasteiger partial charge in [-0.3, -0.25) is 4.79 Å². The first-order valence-corrected chi connectivity index (χ1v) is 10.5. The first-order valence-electron chi connectivity index (χ1n) is 9.69. The molecule has 1 aliphatic heterocycles. The largest absolute Gasteiger partial charge is 0.366 e. The predicted octanol–water partition coefficient (Wildman–Crippen LogP) is 4.25. The number of hydrogen-bond acceptors (Lipinski definition) is 3. The first-order chi connectivity index (χ1) is 13.8. The van der Waals surface area contributed by atoms with Crippen LogP contribution in [0.25, 0.3) is 0 Å². The van der Waals surface area contributed by atoms with Crippen LogP contribution in [0.2, 0.25) is 0 Å². The van der Waals surface area contributed by atoms with E-state index < -0.39 is 5.82 Å². The molecular weight excluding hydrogens is 437 g/mol. The number of ketones is 1. The Bertz CT molecular complexity index is 880. The second kappa shape index (κ2) is 9.39. The smallest absolute Gasteiger partial charge is 0.317 e. The molecule has 7 heteroatoms. The monoisotopic (exact) mass is 461 g/mol. The van der Waals surface area contributed by atoms with Gasteiger partial charge in [0.25, 0.3) is 0 Å². The minimum Gasteiger partial charge on any atom is -0.366 e. The highest BCUT2D eigenvalue weighted by atomic mass is 79.9. The Morgan fingerprint density at radius 1 is 1.10 bits per heavy atom. The maximum Gasteiger partial charge on any atom is 0.317 e. The van der Waals surface area contributed by atoms with Crippen molar-refractivity contribution < 1.29 is 14.0 Å². The summed E-state index contributed by atoms with van der Waals surface area (Å²) in [4.78, 5) is 27.6. The fourth-order valence-corrected chi connectivity index (χ4v) is 3.72. The molecule has 0 aliphatic carbocycles. The molecule has 1 N–H and O–H groups in total. The molecular formula is C22H25BrFN3O2. The van der Waals surface area contributed by atoms with Gasteiger partial charge in [0.1, 0.15) is 5.82 Å². The predicted molar refractivity (Wildman–Crippen MR) is 116 cm³/mol. The normalized spacial score (nSPS) is 15.2. The van der Waals surface area contributed by atoms with Crippen LogP contribution < -0.4 is 10.2 Å². The summed E-state index contributed by atoms with van der Waals surface area (Å²) < 4.78 is 15.4. The summed E-state index contributed by atoms with van der Waals surface area (Å²) in [5.74, 6) is -0.562. The van der Waals surface area contributed by atoms with Gasteiger partial charge in [-0.2, -0.15) is 0 Å². The number of nitrogens with one attached hydrogen (secondary N) is 1. The highest BCUT2D eigenvalue weighted by Crippen LogP contribution is 2.22. The van der Waals surface area contributed by atoms with Crippen LogP contribution in [0.4, 0.5) is 14.9 Å². The van der Waals surface area contributed by atoms with Crippen LogP contribution in [0.5, 0.6) is 0 Å². The van der Waals surface area contributed by atoms with Gasteiger partial charge in [-0.15, -0.1) is 0 Å². The standard InChI is InChI=1S/C22H25BrFN3O2/c1-15(13-17-3-6-19(23)7-4-17)25-22(29)27-11-9-26(10-12-27)21-8-5-18(16(2)28)14-20(21)24/h3-8,14-15H,9-13H2,1-2H3,(H,25,29). The van der Waals surface area contributed by atoms with Crippen molar-refractivity contribution in [2.75, 3.05) is 31.1 Å². The Morgan fingerprint density at radius 2 is 1.76 bits per heavy atom. The molecule has 1 unspecified atom stereocenters. The van der Waals surface area contributed by atoms with Crippen molar-refractivity contribution in [3.8, 4) is 0 Å².